The molecule has 4 nitrogen and oxygen atoms in total. The van der Waals surface area contributed by atoms with Gasteiger partial charge in [-0.25, -0.2) is 4.79 Å². The average molecular weight is 316 g/mol. The minimum absolute atomic E-state index is 0.0335. The summed E-state index contributed by atoms with van der Waals surface area (Å²) in [6.07, 6.45) is 6.83. The lowest BCUT2D eigenvalue weighted by atomic mass is 9.91. The van der Waals surface area contributed by atoms with E-state index in [2.05, 4.69) is 10.2 Å². The Morgan fingerprint density at radius 3 is 2.43 bits per heavy atom. The van der Waals surface area contributed by atoms with Crippen molar-refractivity contribution < 1.29 is 9.53 Å². The molecule has 2 aliphatic rings. The van der Waals surface area contributed by atoms with Crippen LogP contribution in [0.3, 0.4) is 0 Å². The van der Waals surface area contributed by atoms with Crippen LogP contribution in [0.2, 0.25) is 0 Å². The topological polar surface area (TPSA) is 41.6 Å². The lowest BCUT2D eigenvalue weighted by Gasteiger charge is -2.37. The zero-order valence-electron chi connectivity index (χ0n) is 14.3. The van der Waals surface area contributed by atoms with Crippen LogP contribution in [0.5, 0.6) is 0 Å². The number of likely N-dealkylation sites (tertiary alicyclic amines) is 1. The Balaban J connectivity index is 1.63. The molecule has 1 amide bonds. The Morgan fingerprint density at radius 2 is 1.74 bits per heavy atom. The van der Waals surface area contributed by atoms with Gasteiger partial charge in [0.05, 0.1) is 0 Å². The zero-order valence-corrected chi connectivity index (χ0v) is 14.3. The largest absolute Gasteiger partial charge is 0.444 e. The Labute approximate surface area is 139 Å². The molecule has 0 radical (unpaired) electrons. The highest BCUT2D eigenvalue weighted by Gasteiger charge is 2.34. The van der Waals surface area contributed by atoms with Crippen LogP contribution in [0, 0.1) is 13.8 Å². The second-order valence-electron chi connectivity index (χ2n) is 6.93. The highest BCUT2D eigenvalue weighted by atomic mass is 16.6. The quantitative estimate of drug-likeness (QED) is 0.906. The number of hydrogen-bond donors (Lipinski definition) is 1. The molecule has 0 spiro atoms. The van der Waals surface area contributed by atoms with Crippen molar-refractivity contribution in [1.29, 1.82) is 0 Å². The highest BCUT2D eigenvalue weighted by Crippen LogP contribution is 2.29. The van der Waals surface area contributed by atoms with Gasteiger partial charge in [0, 0.05) is 11.7 Å². The molecule has 1 saturated carbocycles. The lowest BCUT2D eigenvalue weighted by molar-refractivity contribution is 0.0176. The maximum absolute atomic E-state index is 12.4. The summed E-state index contributed by atoms with van der Waals surface area (Å²) in [6, 6.07) is 6.44. The number of carbonyl (C=O) groups excluding carboxylic acids is 1. The Hall–Kier alpha value is -1.55. The first-order valence-electron chi connectivity index (χ1n) is 8.93. The fourth-order valence-electron chi connectivity index (χ4n) is 3.99. The normalized spacial score (nSPS) is 25.3. The summed E-state index contributed by atoms with van der Waals surface area (Å²) in [7, 11) is 0. The van der Waals surface area contributed by atoms with Gasteiger partial charge in [0.25, 0.3) is 0 Å². The number of para-hydroxylation sites is 1. The van der Waals surface area contributed by atoms with Crippen LogP contribution < -0.4 is 5.32 Å². The van der Waals surface area contributed by atoms with Crippen LogP contribution in [-0.4, -0.2) is 36.2 Å². The molecule has 0 aromatic heterocycles. The molecule has 2 unspecified atom stereocenters. The minimum Gasteiger partial charge on any atom is -0.444 e. The zero-order chi connectivity index (χ0) is 16.2. The summed E-state index contributed by atoms with van der Waals surface area (Å²) >= 11 is 0. The molecule has 1 N–H and O–H groups in total. The summed E-state index contributed by atoms with van der Waals surface area (Å²) in [5.74, 6) is 0. The summed E-state index contributed by atoms with van der Waals surface area (Å²) in [5.41, 5.74) is 3.02. The van der Waals surface area contributed by atoms with Crippen molar-refractivity contribution in [2.24, 2.45) is 0 Å². The standard InChI is InChI=1S/C19H28N2O2/c1-14-8-7-9-15(2)18(14)20-19(22)23-17-11-4-3-10-16(17)21-12-5-6-13-21/h7-9,16-17H,3-6,10-13H2,1-2H3,(H,20,22). The molecule has 0 bridgehead atoms. The van der Waals surface area contributed by atoms with E-state index >= 15 is 0 Å². The molecule has 2 fully saturated rings. The highest BCUT2D eigenvalue weighted by molar-refractivity contribution is 5.86. The number of hydrogen-bond acceptors (Lipinski definition) is 3. The second kappa shape index (κ2) is 7.35. The molecule has 126 valence electrons. The van der Waals surface area contributed by atoms with Crippen molar-refractivity contribution in [3.63, 3.8) is 0 Å². The van der Waals surface area contributed by atoms with Crippen molar-refractivity contribution in [3.05, 3.63) is 29.3 Å². The number of ether oxygens (including phenoxy) is 1. The van der Waals surface area contributed by atoms with Gasteiger partial charge in [-0.1, -0.05) is 24.6 Å². The van der Waals surface area contributed by atoms with Crippen LogP contribution in [0.4, 0.5) is 10.5 Å². The molecule has 1 saturated heterocycles. The Morgan fingerprint density at radius 1 is 1.09 bits per heavy atom. The van der Waals surface area contributed by atoms with Gasteiger partial charge in [-0.2, -0.15) is 0 Å². The van der Waals surface area contributed by atoms with Crippen molar-refractivity contribution in [3.8, 4) is 0 Å². The van der Waals surface area contributed by atoms with Gasteiger partial charge < -0.3 is 4.74 Å². The van der Waals surface area contributed by atoms with Gasteiger partial charge in [0.15, 0.2) is 0 Å². The number of nitrogens with one attached hydrogen (secondary N) is 1. The van der Waals surface area contributed by atoms with Crippen LogP contribution in [0.25, 0.3) is 0 Å². The second-order valence-corrected chi connectivity index (χ2v) is 6.93. The van der Waals surface area contributed by atoms with Gasteiger partial charge in [0.1, 0.15) is 6.10 Å². The summed E-state index contributed by atoms with van der Waals surface area (Å²) in [6.45, 7) is 6.33. The van der Waals surface area contributed by atoms with E-state index in [4.69, 9.17) is 4.74 Å². The van der Waals surface area contributed by atoms with Gasteiger partial charge in [-0.15, -0.1) is 0 Å². The molecule has 1 aliphatic carbocycles. The molecular weight excluding hydrogens is 288 g/mol. The van der Waals surface area contributed by atoms with E-state index < -0.39 is 0 Å². The van der Waals surface area contributed by atoms with Crippen LogP contribution in [-0.2, 0) is 4.74 Å². The smallest absolute Gasteiger partial charge is 0.411 e. The molecule has 3 rings (SSSR count). The first kappa shape index (κ1) is 16.3. The SMILES string of the molecule is Cc1cccc(C)c1NC(=O)OC1CCCCC1N1CCCC1. The number of amides is 1. The maximum Gasteiger partial charge on any atom is 0.411 e. The predicted octanol–water partition coefficient (Wildman–Crippen LogP) is 4.26. The number of nitrogens with zero attached hydrogens (tertiary/aromatic N) is 1. The van der Waals surface area contributed by atoms with Crippen LogP contribution >= 0.6 is 0 Å². The van der Waals surface area contributed by atoms with Gasteiger partial charge in [-0.05, 0) is 70.2 Å². The first-order chi connectivity index (χ1) is 11.1. The molecule has 1 aromatic carbocycles. The number of aryl methyl sites for hydroxylation is 2. The lowest BCUT2D eigenvalue weighted by Crippen LogP contribution is -2.46. The fourth-order valence-corrected chi connectivity index (χ4v) is 3.99. The van der Waals surface area contributed by atoms with E-state index in [1.54, 1.807) is 0 Å². The third-order valence-electron chi connectivity index (χ3n) is 5.24. The fraction of sp³-hybridized carbons (Fsp3) is 0.632. The molecular formula is C19H28N2O2. The molecule has 2 atom stereocenters. The number of anilines is 1. The van der Waals surface area contributed by atoms with Crippen molar-refractivity contribution in [2.75, 3.05) is 18.4 Å². The third kappa shape index (κ3) is 3.86. The summed E-state index contributed by atoms with van der Waals surface area (Å²) in [4.78, 5) is 14.9. The Bertz CT molecular complexity index is 532. The number of benzene rings is 1. The molecule has 4 heteroatoms. The van der Waals surface area contributed by atoms with Crippen LogP contribution in [0.1, 0.15) is 49.7 Å². The summed E-state index contributed by atoms with van der Waals surface area (Å²) in [5, 5.41) is 2.96. The van der Waals surface area contributed by atoms with Gasteiger partial charge in [0.2, 0.25) is 0 Å². The molecule has 23 heavy (non-hydrogen) atoms. The predicted molar refractivity (Wildman–Crippen MR) is 92.9 cm³/mol. The van der Waals surface area contributed by atoms with Crippen molar-refractivity contribution >= 4 is 11.8 Å². The number of carbonyl (C=O) groups is 1. The van der Waals surface area contributed by atoms with Gasteiger partial charge >= 0.3 is 6.09 Å². The Kier molecular flexibility index (Phi) is 5.21. The monoisotopic (exact) mass is 316 g/mol. The van der Waals surface area contributed by atoms with Crippen LogP contribution in [0.15, 0.2) is 18.2 Å². The van der Waals surface area contributed by atoms with E-state index in [-0.39, 0.29) is 12.2 Å². The average Bonchev–Trinajstić information content (AvgIpc) is 3.06. The maximum atomic E-state index is 12.4. The van der Waals surface area contributed by atoms with Gasteiger partial charge in [-0.3, -0.25) is 10.2 Å². The van der Waals surface area contributed by atoms with E-state index in [1.807, 2.05) is 32.0 Å². The molecule has 1 aromatic rings. The van der Waals surface area contributed by atoms with Crippen molar-refractivity contribution in [1.82, 2.24) is 4.90 Å². The minimum atomic E-state index is -0.307. The van der Waals surface area contributed by atoms with E-state index in [0.29, 0.717) is 6.04 Å². The van der Waals surface area contributed by atoms with E-state index in [9.17, 15) is 4.79 Å². The first-order valence-corrected chi connectivity index (χ1v) is 8.93. The van der Waals surface area contributed by atoms with E-state index in [1.165, 1.54) is 19.3 Å². The molecule has 1 heterocycles. The number of rotatable bonds is 3. The van der Waals surface area contributed by atoms with Crippen molar-refractivity contribution in [2.45, 2.75) is 64.5 Å². The molecule has 1 aliphatic heterocycles. The third-order valence-corrected chi connectivity index (χ3v) is 5.24. The van der Waals surface area contributed by atoms with E-state index in [0.717, 1.165) is 49.2 Å². The summed E-state index contributed by atoms with van der Waals surface area (Å²) < 4.78 is 5.84.